The van der Waals surface area contributed by atoms with Crippen molar-refractivity contribution in [1.29, 1.82) is 0 Å². The number of nitrogens with zero attached hydrogens (tertiary/aromatic N) is 2. The van der Waals surface area contributed by atoms with Gasteiger partial charge in [-0.05, 0) is 37.3 Å². The van der Waals surface area contributed by atoms with Crippen molar-refractivity contribution in [3.05, 3.63) is 41.0 Å². The van der Waals surface area contributed by atoms with E-state index in [1.54, 1.807) is 16.8 Å². The number of amides is 4. The molecule has 0 aliphatic carbocycles. The summed E-state index contributed by atoms with van der Waals surface area (Å²) in [5.74, 6) is -1.49. The minimum atomic E-state index is -0.936. The second-order valence-electron chi connectivity index (χ2n) is 10.2. The highest BCUT2D eigenvalue weighted by Gasteiger charge is 2.40. The van der Waals surface area contributed by atoms with E-state index in [0.29, 0.717) is 6.42 Å². The molecule has 0 saturated carbocycles. The lowest BCUT2D eigenvalue weighted by molar-refractivity contribution is -0.141. The van der Waals surface area contributed by atoms with E-state index < -0.39 is 36.0 Å². The Hall–Kier alpha value is -3.31. The summed E-state index contributed by atoms with van der Waals surface area (Å²) < 4.78 is 0. The molecule has 206 valence electrons. The molecule has 1 aliphatic rings. The van der Waals surface area contributed by atoms with Gasteiger partial charge in [0, 0.05) is 26.4 Å². The molecule has 3 unspecified atom stereocenters. The van der Waals surface area contributed by atoms with Crippen LogP contribution in [0.25, 0.3) is 10.4 Å². The Balaban J connectivity index is 1.59. The van der Waals surface area contributed by atoms with Crippen LogP contribution in [0.5, 0.6) is 0 Å². The van der Waals surface area contributed by atoms with Crippen LogP contribution in [0.4, 0.5) is 0 Å². The number of aromatic nitrogens is 1. The third kappa shape index (κ3) is 7.61. The maximum atomic E-state index is 13.2. The quantitative estimate of drug-likeness (QED) is 0.360. The number of rotatable bonds is 10. The van der Waals surface area contributed by atoms with Crippen molar-refractivity contribution >= 4 is 35.0 Å². The predicted molar refractivity (Wildman–Crippen MR) is 145 cm³/mol. The first kappa shape index (κ1) is 29.2. The van der Waals surface area contributed by atoms with E-state index in [4.69, 9.17) is 0 Å². The first-order chi connectivity index (χ1) is 18.0. The van der Waals surface area contributed by atoms with Crippen molar-refractivity contribution in [2.24, 2.45) is 5.92 Å². The van der Waals surface area contributed by atoms with Crippen LogP contribution in [0.1, 0.15) is 51.8 Å². The summed E-state index contributed by atoms with van der Waals surface area (Å²) in [6, 6.07) is 5.27. The van der Waals surface area contributed by atoms with Crippen LogP contribution >= 0.6 is 11.3 Å². The van der Waals surface area contributed by atoms with Crippen molar-refractivity contribution in [3.63, 3.8) is 0 Å². The Kier molecular flexibility index (Phi) is 9.98. The Bertz CT molecular complexity index is 1150. The molecule has 0 spiro atoms. The van der Waals surface area contributed by atoms with Crippen molar-refractivity contribution < 1.29 is 24.3 Å². The molecular weight excluding hydrogens is 506 g/mol. The van der Waals surface area contributed by atoms with Gasteiger partial charge in [0.2, 0.25) is 23.6 Å². The highest BCUT2D eigenvalue weighted by atomic mass is 32.1. The lowest BCUT2D eigenvalue weighted by Gasteiger charge is -2.28. The summed E-state index contributed by atoms with van der Waals surface area (Å²) >= 11 is 1.57. The third-order valence-corrected chi connectivity index (χ3v) is 7.40. The van der Waals surface area contributed by atoms with Gasteiger partial charge >= 0.3 is 0 Å². The first-order valence-electron chi connectivity index (χ1n) is 12.8. The molecule has 1 fully saturated rings. The van der Waals surface area contributed by atoms with Crippen molar-refractivity contribution in [2.75, 3.05) is 6.54 Å². The van der Waals surface area contributed by atoms with Crippen molar-refractivity contribution in [2.45, 2.75) is 78.2 Å². The van der Waals surface area contributed by atoms with E-state index in [-0.39, 0.29) is 37.2 Å². The fourth-order valence-corrected chi connectivity index (χ4v) is 5.35. The monoisotopic (exact) mass is 543 g/mol. The molecule has 1 aliphatic heterocycles. The summed E-state index contributed by atoms with van der Waals surface area (Å²) in [5.41, 5.74) is 4.73. The number of thiazole rings is 1. The highest BCUT2D eigenvalue weighted by Crippen LogP contribution is 2.27. The Morgan fingerprint density at radius 1 is 1.13 bits per heavy atom. The topological polar surface area (TPSA) is 141 Å². The van der Waals surface area contributed by atoms with Gasteiger partial charge in [0.05, 0.1) is 22.2 Å². The summed E-state index contributed by atoms with van der Waals surface area (Å²) in [7, 11) is 0. The van der Waals surface area contributed by atoms with E-state index in [1.807, 2.05) is 45.0 Å². The second kappa shape index (κ2) is 13.0. The average Bonchev–Trinajstić information content (AvgIpc) is 3.46. The van der Waals surface area contributed by atoms with Gasteiger partial charge in [0.25, 0.3) is 0 Å². The molecule has 2 heterocycles. The van der Waals surface area contributed by atoms with E-state index in [1.165, 1.54) is 18.7 Å². The molecule has 1 saturated heterocycles. The molecule has 10 nitrogen and oxygen atoms in total. The van der Waals surface area contributed by atoms with E-state index in [9.17, 15) is 24.3 Å². The van der Waals surface area contributed by atoms with Gasteiger partial charge in [-0.1, -0.05) is 38.1 Å². The standard InChI is InChI=1S/C27H37N5O5S/c1-15(2)10-22(31-18(5)33)25(35)30-17(4)27(37)32-13-21(34)11-23(32)26(36)28-12-19-6-8-20(9-7-19)24-16(3)29-14-38-24/h6-9,14-15,17,21-23,34H,10-13H2,1-5H3,(H,28,36)(H,30,35)(H,31,33)/t17?,21-,22?,23?/m1/s1. The van der Waals surface area contributed by atoms with Crippen LogP contribution < -0.4 is 16.0 Å². The van der Waals surface area contributed by atoms with Gasteiger partial charge in [0.15, 0.2) is 0 Å². The summed E-state index contributed by atoms with van der Waals surface area (Å²) in [5, 5.41) is 18.4. The van der Waals surface area contributed by atoms with Gasteiger partial charge in [-0.3, -0.25) is 19.2 Å². The third-order valence-electron chi connectivity index (χ3n) is 6.42. The molecule has 0 bridgehead atoms. The zero-order valence-electron chi connectivity index (χ0n) is 22.5. The lowest BCUT2D eigenvalue weighted by Crippen LogP contribution is -2.55. The highest BCUT2D eigenvalue weighted by molar-refractivity contribution is 7.13. The fraction of sp³-hybridized carbons (Fsp3) is 0.519. The number of β-amino-alcohol motifs (C(OH)–C–C–N with tert-alkyl or cyclic N) is 1. The van der Waals surface area contributed by atoms with Crippen LogP contribution in [0, 0.1) is 12.8 Å². The van der Waals surface area contributed by atoms with Gasteiger partial charge in [-0.2, -0.15) is 0 Å². The van der Waals surface area contributed by atoms with Crippen LogP contribution in [-0.2, 0) is 25.7 Å². The minimum Gasteiger partial charge on any atom is -0.391 e. The number of hydrogen-bond donors (Lipinski definition) is 4. The molecule has 2 aromatic rings. The first-order valence-corrected chi connectivity index (χ1v) is 13.7. The number of benzene rings is 1. The SMILES string of the molecule is CC(=O)NC(CC(C)C)C(=O)NC(C)C(=O)N1C[C@H](O)CC1C(=O)NCc1ccc(-c2scnc2C)cc1. The maximum absolute atomic E-state index is 13.2. The fourth-order valence-electron chi connectivity index (χ4n) is 4.54. The summed E-state index contributed by atoms with van der Waals surface area (Å²) in [6.45, 7) is 8.97. The molecule has 1 aromatic heterocycles. The van der Waals surface area contributed by atoms with Crippen LogP contribution in [0.2, 0.25) is 0 Å². The molecule has 4 atom stereocenters. The largest absolute Gasteiger partial charge is 0.391 e. The zero-order chi connectivity index (χ0) is 28.0. The number of hydrogen-bond acceptors (Lipinski definition) is 7. The molecule has 4 N–H and O–H groups in total. The van der Waals surface area contributed by atoms with Crippen molar-refractivity contribution in [1.82, 2.24) is 25.8 Å². The number of aliphatic hydroxyl groups is 1. The Morgan fingerprint density at radius 3 is 2.39 bits per heavy atom. The molecule has 38 heavy (non-hydrogen) atoms. The second-order valence-corrected chi connectivity index (χ2v) is 11.0. The van der Waals surface area contributed by atoms with E-state index >= 15 is 0 Å². The minimum absolute atomic E-state index is 0.00114. The maximum Gasteiger partial charge on any atom is 0.245 e. The van der Waals surface area contributed by atoms with Gasteiger partial charge in [-0.25, -0.2) is 4.98 Å². The zero-order valence-corrected chi connectivity index (χ0v) is 23.3. The average molecular weight is 544 g/mol. The summed E-state index contributed by atoms with van der Waals surface area (Å²) in [6.07, 6.45) is -0.304. The van der Waals surface area contributed by atoms with Crippen molar-refractivity contribution in [3.8, 4) is 10.4 Å². The van der Waals surface area contributed by atoms with Crippen LogP contribution in [-0.4, -0.2) is 69.4 Å². The van der Waals surface area contributed by atoms with Gasteiger partial charge in [0.1, 0.15) is 18.1 Å². The number of carbonyl (C=O) groups excluding carboxylic acids is 4. The number of carbonyl (C=O) groups is 4. The Morgan fingerprint density at radius 2 is 1.82 bits per heavy atom. The Labute approximate surface area is 227 Å². The van der Waals surface area contributed by atoms with E-state index in [0.717, 1.165) is 21.7 Å². The smallest absolute Gasteiger partial charge is 0.245 e. The summed E-state index contributed by atoms with van der Waals surface area (Å²) in [4.78, 5) is 57.2. The van der Waals surface area contributed by atoms with Crippen LogP contribution in [0.15, 0.2) is 29.8 Å². The normalized spacial score (nSPS) is 18.7. The predicted octanol–water partition coefficient (Wildman–Crippen LogP) is 1.75. The number of nitrogens with one attached hydrogen (secondary N) is 3. The molecular formula is C27H37N5O5S. The lowest BCUT2D eigenvalue weighted by atomic mass is 10.0. The molecule has 3 rings (SSSR count). The molecule has 1 aromatic carbocycles. The van der Waals surface area contributed by atoms with Gasteiger partial charge in [-0.15, -0.1) is 11.3 Å². The number of likely N-dealkylation sites (tertiary alicyclic amines) is 1. The number of aryl methyl sites for hydroxylation is 1. The number of aliphatic hydroxyl groups excluding tert-OH is 1. The molecule has 4 amide bonds. The molecule has 11 heteroatoms. The molecule has 0 radical (unpaired) electrons. The van der Waals surface area contributed by atoms with E-state index in [2.05, 4.69) is 20.9 Å². The van der Waals surface area contributed by atoms with Gasteiger partial charge < -0.3 is 26.0 Å². The van der Waals surface area contributed by atoms with Crippen LogP contribution in [0.3, 0.4) is 0 Å².